The van der Waals surface area contributed by atoms with Gasteiger partial charge in [-0.2, -0.15) is 0 Å². The Morgan fingerprint density at radius 3 is 2.30 bits per heavy atom. The van der Waals surface area contributed by atoms with Crippen LogP contribution in [-0.4, -0.2) is 16.0 Å². The van der Waals surface area contributed by atoms with E-state index in [4.69, 9.17) is 51.1 Å². The summed E-state index contributed by atoms with van der Waals surface area (Å²) in [5.41, 5.74) is 2.19. The molecule has 0 spiro atoms. The highest BCUT2D eigenvalue weighted by Crippen LogP contribution is 2.38. The highest BCUT2D eigenvalue weighted by Gasteiger charge is 2.35. The molecule has 0 aromatic heterocycles. The summed E-state index contributed by atoms with van der Waals surface area (Å²) in [5, 5.41) is 3.24. The molecule has 0 radical (unpaired) electrons. The van der Waals surface area contributed by atoms with Crippen LogP contribution < -0.4 is 4.74 Å². The first-order chi connectivity index (χ1) is 17.8. The molecule has 9 heteroatoms. The van der Waals surface area contributed by atoms with E-state index in [0.717, 1.165) is 33.7 Å². The van der Waals surface area contributed by atoms with Crippen LogP contribution in [0.25, 0.3) is 16.8 Å². The van der Waals surface area contributed by atoms with Gasteiger partial charge < -0.3 is 4.74 Å². The van der Waals surface area contributed by atoms with Gasteiger partial charge in [0.05, 0.1) is 21.5 Å². The largest absolute Gasteiger partial charge is 0.486 e. The number of benzene rings is 4. The first kappa shape index (κ1) is 26.0. The van der Waals surface area contributed by atoms with Crippen molar-refractivity contribution in [2.45, 2.75) is 13.2 Å². The van der Waals surface area contributed by atoms with Crippen molar-refractivity contribution >= 4 is 86.2 Å². The molecule has 186 valence electrons. The first-order valence-corrected chi connectivity index (χ1v) is 13.4. The number of rotatable bonds is 6. The van der Waals surface area contributed by atoms with E-state index < -0.39 is 0 Å². The number of ether oxygens (including phenoxy) is 1. The van der Waals surface area contributed by atoms with Gasteiger partial charge in [0.2, 0.25) is 0 Å². The summed E-state index contributed by atoms with van der Waals surface area (Å²) < 4.78 is 5.81. The van der Waals surface area contributed by atoms with E-state index in [1.807, 2.05) is 42.5 Å². The lowest BCUT2D eigenvalue weighted by atomic mass is 10.0. The van der Waals surface area contributed by atoms with Gasteiger partial charge in [0.15, 0.2) is 5.75 Å². The lowest BCUT2D eigenvalue weighted by Crippen LogP contribution is -2.27. The normalized spacial score (nSPS) is 14.7. The quantitative estimate of drug-likeness (QED) is 0.211. The van der Waals surface area contributed by atoms with Gasteiger partial charge in [-0.25, -0.2) is 0 Å². The van der Waals surface area contributed by atoms with Crippen LogP contribution in [0.2, 0.25) is 20.1 Å². The Hall–Kier alpha value is -2.67. The van der Waals surface area contributed by atoms with Gasteiger partial charge in [0.25, 0.3) is 11.1 Å². The SMILES string of the molecule is O=C1S/C(=C/c2cc(Cl)c(OCc3ccc(Cl)cc3Cl)c(Cl)c2)C(=O)N1Cc1cccc2ccccc12. The van der Waals surface area contributed by atoms with Crippen molar-refractivity contribution in [2.24, 2.45) is 0 Å². The number of nitrogens with zero attached hydrogens (tertiary/aromatic N) is 1. The fourth-order valence-corrected chi connectivity index (χ4v) is 5.89. The van der Waals surface area contributed by atoms with Crippen molar-refractivity contribution in [1.29, 1.82) is 0 Å². The Bertz CT molecular complexity index is 1560. The standard InChI is InChI=1S/C28H17Cl4NO3S/c29-20-9-8-19(22(30)13-20)15-36-26-23(31)10-16(11-24(26)32)12-25-27(34)33(28(35)37-25)14-18-6-3-5-17-4-1-2-7-21(17)18/h1-13H,14-15H2/b25-12+. The zero-order valence-corrected chi connectivity index (χ0v) is 22.9. The zero-order valence-electron chi connectivity index (χ0n) is 19.0. The Labute approximate surface area is 237 Å². The summed E-state index contributed by atoms with van der Waals surface area (Å²) in [6.07, 6.45) is 1.60. The summed E-state index contributed by atoms with van der Waals surface area (Å²) >= 11 is 25.9. The second-order valence-electron chi connectivity index (χ2n) is 8.24. The molecule has 1 heterocycles. The van der Waals surface area contributed by atoms with Crippen LogP contribution >= 0.6 is 58.2 Å². The van der Waals surface area contributed by atoms with E-state index in [0.29, 0.717) is 20.5 Å². The molecule has 1 aliphatic heterocycles. The van der Waals surface area contributed by atoms with Gasteiger partial charge >= 0.3 is 0 Å². The number of hydrogen-bond donors (Lipinski definition) is 0. The van der Waals surface area contributed by atoms with E-state index in [9.17, 15) is 9.59 Å². The van der Waals surface area contributed by atoms with E-state index in [1.165, 1.54) is 4.90 Å². The minimum absolute atomic E-state index is 0.141. The number of carbonyl (C=O) groups excluding carboxylic acids is 2. The van der Waals surface area contributed by atoms with Gasteiger partial charge in [0.1, 0.15) is 6.61 Å². The third-order valence-electron chi connectivity index (χ3n) is 5.79. The van der Waals surface area contributed by atoms with Crippen molar-refractivity contribution in [3.8, 4) is 5.75 Å². The highest BCUT2D eigenvalue weighted by atomic mass is 35.5. The third-order valence-corrected chi connectivity index (χ3v) is 7.84. The number of halogens is 4. The molecule has 0 bridgehead atoms. The summed E-state index contributed by atoms with van der Waals surface area (Å²) in [6, 6.07) is 22.1. The lowest BCUT2D eigenvalue weighted by Gasteiger charge is -2.14. The van der Waals surface area contributed by atoms with Crippen LogP contribution in [0.5, 0.6) is 5.75 Å². The molecule has 4 aromatic rings. The van der Waals surface area contributed by atoms with Gasteiger partial charge in [0, 0.05) is 15.6 Å². The predicted molar refractivity (Wildman–Crippen MR) is 153 cm³/mol. The molecular formula is C28H17Cl4NO3S. The second kappa shape index (κ2) is 11.0. The van der Waals surface area contributed by atoms with Gasteiger partial charge in [-0.05, 0) is 64.0 Å². The van der Waals surface area contributed by atoms with Crippen LogP contribution in [0.15, 0.2) is 77.7 Å². The summed E-state index contributed by atoms with van der Waals surface area (Å²) in [7, 11) is 0. The van der Waals surface area contributed by atoms with Crippen LogP contribution in [0.3, 0.4) is 0 Å². The zero-order chi connectivity index (χ0) is 26.1. The Morgan fingerprint density at radius 1 is 0.811 bits per heavy atom. The van der Waals surface area contributed by atoms with E-state index in [2.05, 4.69) is 0 Å². The van der Waals surface area contributed by atoms with Gasteiger partial charge in [-0.3, -0.25) is 14.5 Å². The summed E-state index contributed by atoms with van der Waals surface area (Å²) in [6.45, 7) is 0.326. The smallest absolute Gasteiger partial charge is 0.293 e. The molecule has 0 N–H and O–H groups in total. The van der Waals surface area contributed by atoms with Crippen molar-refractivity contribution < 1.29 is 14.3 Å². The molecule has 5 rings (SSSR count). The molecular weight excluding hydrogens is 572 g/mol. The molecule has 1 saturated heterocycles. The van der Waals surface area contributed by atoms with Crippen molar-refractivity contribution in [1.82, 2.24) is 4.90 Å². The number of thioether (sulfide) groups is 1. The van der Waals surface area contributed by atoms with E-state index >= 15 is 0 Å². The highest BCUT2D eigenvalue weighted by molar-refractivity contribution is 8.18. The van der Waals surface area contributed by atoms with E-state index in [-0.39, 0.29) is 40.1 Å². The molecule has 2 amide bonds. The van der Waals surface area contributed by atoms with Crippen molar-refractivity contribution in [2.75, 3.05) is 0 Å². The molecule has 1 fully saturated rings. The van der Waals surface area contributed by atoms with Gasteiger partial charge in [-0.1, -0.05) is 94.9 Å². The maximum absolute atomic E-state index is 13.1. The monoisotopic (exact) mass is 587 g/mol. The second-order valence-corrected chi connectivity index (χ2v) is 10.9. The number of carbonyl (C=O) groups is 2. The molecule has 37 heavy (non-hydrogen) atoms. The third kappa shape index (κ3) is 5.62. The number of amides is 2. The van der Waals surface area contributed by atoms with Crippen LogP contribution in [-0.2, 0) is 17.9 Å². The minimum Gasteiger partial charge on any atom is -0.486 e. The Morgan fingerprint density at radius 2 is 1.54 bits per heavy atom. The number of hydrogen-bond acceptors (Lipinski definition) is 4. The predicted octanol–water partition coefficient (Wildman–Crippen LogP) is 9.27. The van der Waals surface area contributed by atoms with Crippen LogP contribution in [0.1, 0.15) is 16.7 Å². The Kier molecular flexibility index (Phi) is 7.70. The van der Waals surface area contributed by atoms with Crippen LogP contribution in [0, 0.1) is 0 Å². The average Bonchev–Trinajstić information content (AvgIpc) is 3.12. The maximum Gasteiger partial charge on any atom is 0.293 e. The summed E-state index contributed by atoms with van der Waals surface area (Å²) in [5.74, 6) is -0.0801. The minimum atomic E-state index is -0.368. The Balaban J connectivity index is 1.34. The molecule has 0 aliphatic carbocycles. The fourth-order valence-electron chi connectivity index (χ4n) is 3.98. The molecule has 1 aliphatic rings. The topological polar surface area (TPSA) is 46.6 Å². The molecule has 4 aromatic carbocycles. The van der Waals surface area contributed by atoms with Gasteiger partial charge in [-0.15, -0.1) is 0 Å². The molecule has 0 unspecified atom stereocenters. The maximum atomic E-state index is 13.1. The lowest BCUT2D eigenvalue weighted by molar-refractivity contribution is -0.123. The first-order valence-electron chi connectivity index (χ1n) is 11.1. The van der Waals surface area contributed by atoms with Crippen molar-refractivity contribution in [3.63, 3.8) is 0 Å². The van der Waals surface area contributed by atoms with Crippen LogP contribution in [0.4, 0.5) is 4.79 Å². The molecule has 0 atom stereocenters. The number of imide groups is 1. The number of fused-ring (bicyclic) bond motifs is 1. The van der Waals surface area contributed by atoms with Crippen molar-refractivity contribution in [3.05, 3.63) is 114 Å². The fraction of sp³-hybridized carbons (Fsp3) is 0.0714. The summed E-state index contributed by atoms with van der Waals surface area (Å²) in [4.78, 5) is 27.4. The average molecular weight is 589 g/mol. The van der Waals surface area contributed by atoms with E-state index in [1.54, 1.807) is 36.4 Å². The molecule has 4 nitrogen and oxygen atoms in total. The molecule has 0 saturated carbocycles.